The molecular weight excluding hydrogens is 431 g/mol. The maximum absolute atomic E-state index is 13.8. The third kappa shape index (κ3) is 5.38. The van der Waals surface area contributed by atoms with Crippen LogP contribution in [0.3, 0.4) is 0 Å². The molecule has 4 rings (SSSR count). The van der Waals surface area contributed by atoms with Gasteiger partial charge in [-0.2, -0.15) is 18.4 Å². The third-order valence-corrected chi connectivity index (χ3v) is 6.80. The first-order valence-electron chi connectivity index (χ1n) is 11.3. The summed E-state index contributed by atoms with van der Waals surface area (Å²) < 4.78 is 41.4. The number of likely N-dealkylation sites (tertiary alicyclic amines) is 1. The molecule has 3 heterocycles. The van der Waals surface area contributed by atoms with E-state index >= 15 is 0 Å². The van der Waals surface area contributed by atoms with Gasteiger partial charge >= 0.3 is 6.18 Å². The number of pyridine rings is 1. The van der Waals surface area contributed by atoms with Crippen LogP contribution in [0.25, 0.3) is 10.9 Å². The lowest BCUT2D eigenvalue weighted by molar-refractivity contribution is -0.178. The summed E-state index contributed by atoms with van der Waals surface area (Å²) >= 11 is 0. The van der Waals surface area contributed by atoms with Gasteiger partial charge in [0.25, 0.3) is 0 Å². The number of fused-ring (bicyclic) bond motifs is 1. The Morgan fingerprint density at radius 1 is 1.24 bits per heavy atom. The number of carbonyl (C=O) groups is 1. The summed E-state index contributed by atoms with van der Waals surface area (Å²) in [6.45, 7) is 1.96. The van der Waals surface area contributed by atoms with Crippen molar-refractivity contribution in [1.29, 1.82) is 5.26 Å². The van der Waals surface area contributed by atoms with Crippen LogP contribution >= 0.6 is 0 Å². The zero-order chi connectivity index (χ0) is 23.6. The number of rotatable bonds is 4. The standard InChI is InChI=1S/C24H28F3N5O/c1-31-9-6-16(7-10-31)11-22(33)30-19-12-18(24(25,26)27)14-32(15-19)21-5-4-17(13-28)23-20(21)3-2-8-29-23/h2-5,8,16,18-19H,6-7,9-12,14-15H2,1H3,(H,30,33)/t18-,19+/m1/s1. The second-order valence-electron chi connectivity index (χ2n) is 9.24. The zero-order valence-electron chi connectivity index (χ0n) is 18.6. The second kappa shape index (κ2) is 9.56. The van der Waals surface area contributed by atoms with E-state index in [-0.39, 0.29) is 31.3 Å². The lowest BCUT2D eigenvalue weighted by Crippen LogP contribution is -2.54. The van der Waals surface area contributed by atoms with Gasteiger partial charge in [-0.25, -0.2) is 0 Å². The molecule has 2 aliphatic heterocycles. The van der Waals surface area contributed by atoms with E-state index in [1.54, 1.807) is 35.4 Å². The number of halogens is 3. The van der Waals surface area contributed by atoms with Gasteiger partial charge in [0, 0.05) is 42.8 Å². The van der Waals surface area contributed by atoms with Crippen molar-refractivity contribution in [1.82, 2.24) is 15.2 Å². The number of aromatic nitrogens is 1. The Bertz CT molecular complexity index is 1040. The van der Waals surface area contributed by atoms with Gasteiger partial charge in [0.2, 0.25) is 5.91 Å². The van der Waals surface area contributed by atoms with Crippen LogP contribution in [0.15, 0.2) is 30.5 Å². The number of alkyl halides is 3. The molecule has 2 fully saturated rings. The molecule has 0 aliphatic carbocycles. The number of benzene rings is 1. The number of carbonyl (C=O) groups excluding carboxylic acids is 1. The van der Waals surface area contributed by atoms with E-state index in [1.165, 1.54) is 0 Å². The van der Waals surface area contributed by atoms with E-state index in [0.717, 1.165) is 25.9 Å². The number of nitrogens with one attached hydrogen (secondary N) is 1. The maximum Gasteiger partial charge on any atom is 0.393 e. The first-order valence-corrected chi connectivity index (χ1v) is 11.3. The van der Waals surface area contributed by atoms with Crippen LogP contribution in [0.1, 0.15) is 31.2 Å². The molecule has 176 valence electrons. The van der Waals surface area contributed by atoms with Gasteiger partial charge < -0.3 is 15.1 Å². The summed E-state index contributed by atoms with van der Waals surface area (Å²) in [5.74, 6) is -1.46. The van der Waals surface area contributed by atoms with Crippen molar-refractivity contribution in [3.8, 4) is 6.07 Å². The SMILES string of the molecule is CN1CCC(CC(=O)N[C@H]2C[C@@H](C(F)(F)F)CN(c3ccc(C#N)c4ncccc34)C2)CC1. The number of nitrogens with zero attached hydrogens (tertiary/aromatic N) is 4. The van der Waals surface area contributed by atoms with Crippen LogP contribution in [0.5, 0.6) is 0 Å². The van der Waals surface area contributed by atoms with Gasteiger partial charge in [0.1, 0.15) is 6.07 Å². The second-order valence-corrected chi connectivity index (χ2v) is 9.24. The van der Waals surface area contributed by atoms with Crippen molar-refractivity contribution in [2.24, 2.45) is 11.8 Å². The highest BCUT2D eigenvalue weighted by Gasteiger charge is 2.45. The first-order chi connectivity index (χ1) is 15.7. The Labute approximate surface area is 191 Å². The minimum Gasteiger partial charge on any atom is -0.368 e. The number of hydrogen-bond acceptors (Lipinski definition) is 5. The summed E-state index contributed by atoms with van der Waals surface area (Å²) in [6.07, 6.45) is -0.730. The van der Waals surface area contributed by atoms with Crippen molar-refractivity contribution in [3.63, 3.8) is 0 Å². The summed E-state index contributed by atoms with van der Waals surface area (Å²) in [5, 5.41) is 12.9. The molecule has 2 aromatic rings. The molecule has 1 amide bonds. The Hall–Kier alpha value is -2.86. The Balaban J connectivity index is 1.54. The molecular formula is C24H28F3N5O. The smallest absolute Gasteiger partial charge is 0.368 e. The lowest BCUT2D eigenvalue weighted by Gasteiger charge is -2.40. The summed E-state index contributed by atoms with van der Waals surface area (Å²) in [7, 11) is 2.05. The minimum absolute atomic E-state index is 0.133. The highest BCUT2D eigenvalue weighted by Crippen LogP contribution is 2.37. The molecule has 1 aromatic heterocycles. The number of hydrogen-bond donors (Lipinski definition) is 1. The van der Waals surface area contributed by atoms with Crippen molar-refractivity contribution in [2.75, 3.05) is 38.1 Å². The fraction of sp³-hybridized carbons (Fsp3) is 0.542. The molecule has 2 saturated heterocycles. The Morgan fingerprint density at radius 2 is 2.00 bits per heavy atom. The fourth-order valence-electron chi connectivity index (χ4n) is 4.98. The van der Waals surface area contributed by atoms with Gasteiger partial charge in [-0.05, 0) is 69.6 Å². The molecule has 33 heavy (non-hydrogen) atoms. The first kappa shape index (κ1) is 23.3. The molecule has 0 spiro atoms. The van der Waals surface area contributed by atoms with Crippen LogP contribution in [0.2, 0.25) is 0 Å². The van der Waals surface area contributed by atoms with E-state index < -0.39 is 18.1 Å². The number of nitriles is 1. The van der Waals surface area contributed by atoms with Gasteiger partial charge in [-0.15, -0.1) is 0 Å². The number of piperidine rings is 2. The molecule has 6 nitrogen and oxygen atoms in total. The van der Waals surface area contributed by atoms with E-state index in [1.807, 2.05) is 7.05 Å². The van der Waals surface area contributed by atoms with Gasteiger partial charge in [0.05, 0.1) is 17.0 Å². The number of anilines is 1. The molecule has 0 unspecified atom stereocenters. The largest absolute Gasteiger partial charge is 0.393 e. The van der Waals surface area contributed by atoms with Crippen molar-refractivity contribution >= 4 is 22.5 Å². The van der Waals surface area contributed by atoms with Gasteiger partial charge in [-0.3, -0.25) is 9.78 Å². The molecule has 9 heteroatoms. The Kier molecular flexibility index (Phi) is 6.75. The predicted octanol–water partition coefficient (Wildman–Crippen LogP) is 3.71. The van der Waals surface area contributed by atoms with Crippen molar-refractivity contribution in [2.45, 2.75) is 37.9 Å². The predicted molar refractivity (Wildman–Crippen MR) is 120 cm³/mol. The zero-order valence-corrected chi connectivity index (χ0v) is 18.6. The van der Waals surface area contributed by atoms with Crippen LogP contribution in [-0.2, 0) is 4.79 Å². The molecule has 2 aliphatic rings. The summed E-state index contributed by atoms with van der Waals surface area (Å²) in [4.78, 5) is 20.8. The topological polar surface area (TPSA) is 72.3 Å². The highest BCUT2D eigenvalue weighted by molar-refractivity contribution is 5.95. The minimum atomic E-state index is -4.36. The van der Waals surface area contributed by atoms with Crippen molar-refractivity contribution in [3.05, 3.63) is 36.0 Å². The van der Waals surface area contributed by atoms with Crippen molar-refractivity contribution < 1.29 is 18.0 Å². The average Bonchev–Trinajstić information content (AvgIpc) is 2.79. The van der Waals surface area contributed by atoms with Crippen LogP contribution in [0.4, 0.5) is 18.9 Å². The monoisotopic (exact) mass is 459 g/mol. The van der Waals surface area contributed by atoms with E-state index in [0.29, 0.717) is 28.6 Å². The van der Waals surface area contributed by atoms with Crippen LogP contribution in [-0.4, -0.2) is 61.2 Å². The third-order valence-electron chi connectivity index (χ3n) is 6.80. The van der Waals surface area contributed by atoms with E-state index in [4.69, 9.17) is 0 Å². The lowest BCUT2D eigenvalue weighted by atomic mass is 9.91. The average molecular weight is 460 g/mol. The van der Waals surface area contributed by atoms with Gasteiger partial charge in [-0.1, -0.05) is 0 Å². The van der Waals surface area contributed by atoms with E-state index in [2.05, 4.69) is 21.3 Å². The molecule has 0 saturated carbocycles. The van der Waals surface area contributed by atoms with Gasteiger partial charge in [0.15, 0.2) is 0 Å². The fourth-order valence-corrected chi connectivity index (χ4v) is 4.98. The molecule has 2 atom stereocenters. The quantitative estimate of drug-likeness (QED) is 0.755. The van der Waals surface area contributed by atoms with E-state index in [9.17, 15) is 23.2 Å². The molecule has 0 bridgehead atoms. The molecule has 1 N–H and O–H groups in total. The van der Waals surface area contributed by atoms with Crippen LogP contribution in [0, 0.1) is 23.2 Å². The van der Waals surface area contributed by atoms with Crippen LogP contribution < -0.4 is 10.2 Å². The Morgan fingerprint density at radius 3 is 2.70 bits per heavy atom. The molecule has 0 radical (unpaired) electrons. The normalized spacial score (nSPS) is 22.8. The highest BCUT2D eigenvalue weighted by atomic mass is 19.4. The summed E-state index contributed by atoms with van der Waals surface area (Å²) in [5.41, 5.74) is 1.44. The number of amides is 1. The summed E-state index contributed by atoms with van der Waals surface area (Å²) in [6, 6.07) is 8.23. The molecule has 1 aromatic carbocycles. The maximum atomic E-state index is 13.8.